The summed E-state index contributed by atoms with van der Waals surface area (Å²) < 4.78 is 7.29. The van der Waals surface area contributed by atoms with E-state index in [9.17, 15) is 5.11 Å². The van der Waals surface area contributed by atoms with Crippen LogP contribution < -0.4 is 4.74 Å². The van der Waals surface area contributed by atoms with Gasteiger partial charge in [-0.3, -0.25) is 4.68 Å². The first-order chi connectivity index (χ1) is 8.69. The molecule has 1 aromatic carbocycles. The Labute approximate surface area is 107 Å². The molecule has 0 fully saturated rings. The van der Waals surface area contributed by atoms with Crippen LogP contribution in [0.15, 0.2) is 24.3 Å². The molecule has 2 rings (SSSR count). The number of aliphatic hydroxyl groups is 1. The molecule has 1 aromatic heterocycles. The van der Waals surface area contributed by atoms with Crippen molar-refractivity contribution >= 4 is 0 Å². The molecule has 2 aromatic rings. The lowest BCUT2D eigenvalue weighted by molar-refractivity contribution is 0.275. The van der Waals surface area contributed by atoms with E-state index >= 15 is 0 Å². The third kappa shape index (κ3) is 2.24. The van der Waals surface area contributed by atoms with Crippen molar-refractivity contribution in [3.05, 3.63) is 35.5 Å². The summed E-state index contributed by atoms with van der Waals surface area (Å²) in [7, 11) is 1.66. The molecule has 0 radical (unpaired) electrons. The molecule has 0 amide bonds. The van der Waals surface area contributed by atoms with Gasteiger partial charge in [-0.05, 0) is 37.6 Å². The lowest BCUT2D eigenvalue weighted by Crippen LogP contribution is -2.01. The van der Waals surface area contributed by atoms with Gasteiger partial charge in [0.2, 0.25) is 0 Å². The number of rotatable bonds is 4. The maximum Gasteiger partial charge on any atom is 0.128 e. The zero-order valence-electron chi connectivity index (χ0n) is 11.0. The number of hydrogen-bond donors (Lipinski definition) is 1. The molecule has 0 saturated heterocycles. The Bertz CT molecular complexity index is 547. The summed E-state index contributed by atoms with van der Waals surface area (Å²) in [4.78, 5) is 0. The van der Waals surface area contributed by atoms with Crippen LogP contribution in [0.2, 0.25) is 0 Å². The van der Waals surface area contributed by atoms with Crippen LogP contribution in [0, 0.1) is 6.92 Å². The largest absolute Gasteiger partial charge is 0.496 e. The van der Waals surface area contributed by atoms with E-state index in [4.69, 9.17) is 4.74 Å². The van der Waals surface area contributed by atoms with Gasteiger partial charge in [-0.15, -0.1) is 0 Å². The van der Waals surface area contributed by atoms with Crippen LogP contribution in [0.1, 0.15) is 18.2 Å². The first kappa shape index (κ1) is 12.6. The third-order valence-electron chi connectivity index (χ3n) is 2.93. The van der Waals surface area contributed by atoms with Crippen molar-refractivity contribution < 1.29 is 9.84 Å². The van der Waals surface area contributed by atoms with Gasteiger partial charge < -0.3 is 9.84 Å². The van der Waals surface area contributed by atoms with Gasteiger partial charge in [-0.25, -0.2) is 0 Å². The number of aliphatic hydroxyl groups excluding tert-OH is 1. The van der Waals surface area contributed by atoms with E-state index in [0.717, 1.165) is 29.1 Å². The van der Waals surface area contributed by atoms with Crippen molar-refractivity contribution in [3.8, 4) is 17.0 Å². The Hall–Kier alpha value is -1.81. The molecule has 0 unspecified atom stereocenters. The maximum atomic E-state index is 9.18. The fourth-order valence-electron chi connectivity index (χ4n) is 2.02. The summed E-state index contributed by atoms with van der Waals surface area (Å²) in [6.45, 7) is 4.77. The Morgan fingerprint density at radius 1 is 1.33 bits per heavy atom. The van der Waals surface area contributed by atoms with E-state index < -0.39 is 0 Å². The summed E-state index contributed by atoms with van der Waals surface area (Å²) >= 11 is 0. The second-order valence-corrected chi connectivity index (χ2v) is 4.20. The minimum absolute atomic E-state index is 0.0474. The Morgan fingerprint density at radius 3 is 2.72 bits per heavy atom. The number of nitrogens with zero attached hydrogens (tertiary/aromatic N) is 2. The third-order valence-corrected chi connectivity index (χ3v) is 2.93. The van der Waals surface area contributed by atoms with Crippen molar-refractivity contribution in [2.75, 3.05) is 7.11 Å². The molecule has 18 heavy (non-hydrogen) atoms. The predicted octanol–water partition coefficient (Wildman–Crippen LogP) is 2.38. The predicted molar refractivity (Wildman–Crippen MR) is 70.5 cm³/mol. The zero-order valence-corrected chi connectivity index (χ0v) is 11.0. The molecule has 1 heterocycles. The number of benzene rings is 1. The molecule has 1 N–H and O–H groups in total. The van der Waals surface area contributed by atoms with E-state index in [-0.39, 0.29) is 6.61 Å². The van der Waals surface area contributed by atoms with Gasteiger partial charge in [0.25, 0.3) is 0 Å². The van der Waals surface area contributed by atoms with Gasteiger partial charge >= 0.3 is 0 Å². The van der Waals surface area contributed by atoms with Crippen LogP contribution in [0.25, 0.3) is 11.3 Å². The molecule has 0 spiro atoms. The maximum absolute atomic E-state index is 9.18. The van der Waals surface area contributed by atoms with Gasteiger partial charge in [0.15, 0.2) is 0 Å². The smallest absolute Gasteiger partial charge is 0.128 e. The topological polar surface area (TPSA) is 47.3 Å². The lowest BCUT2D eigenvalue weighted by Gasteiger charge is -2.10. The molecular formula is C14H18N2O2. The lowest BCUT2D eigenvalue weighted by atomic mass is 10.1. The summed E-state index contributed by atoms with van der Waals surface area (Å²) in [6, 6.07) is 7.97. The van der Waals surface area contributed by atoms with Crippen molar-refractivity contribution in [2.45, 2.75) is 27.0 Å². The van der Waals surface area contributed by atoms with Crippen molar-refractivity contribution in [1.82, 2.24) is 9.78 Å². The van der Waals surface area contributed by atoms with Crippen LogP contribution in [0.3, 0.4) is 0 Å². The number of aryl methyl sites for hydroxylation is 2. The van der Waals surface area contributed by atoms with E-state index in [0.29, 0.717) is 5.69 Å². The molecule has 0 bridgehead atoms. The van der Waals surface area contributed by atoms with Gasteiger partial charge in [0, 0.05) is 12.1 Å². The average molecular weight is 246 g/mol. The Morgan fingerprint density at radius 2 is 2.11 bits per heavy atom. The number of aromatic nitrogens is 2. The molecule has 96 valence electrons. The normalized spacial score (nSPS) is 10.7. The van der Waals surface area contributed by atoms with E-state index in [2.05, 4.69) is 5.10 Å². The fraction of sp³-hybridized carbons (Fsp3) is 0.357. The fourth-order valence-corrected chi connectivity index (χ4v) is 2.02. The first-order valence-corrected chi connectivity index (χ1v) is 6.02. The van der Waals surface area contributed by atoms with Crippen molar-refractivity contribution in [1.29, 1.82) is 0 Å². The van der Waals surface area contributed by atoms with Gasteiger partial charge in [0.1, 0.15) is 5.75 Å². The van der Waals surface area contributed by atoms with Crippen LogP contribution >= 0.6 is 0 Å². The number of methoxy groups -OCH3 is 1. The van der Waals surface area contributed by atoms with Gasteiger partial charge in [-0.1, -0.05) is 6.07 Å². The second-order valence-electron chi connectivity index (χ2n) is 4.20. The second kappa shape index (κ2) is 5.23. The molecule has 0 aliphatic heterocycles. The SMILES string of the molecule is CCn1nc(CO)cc1-c1ccc(C)cc1OC. The van der Waals surface area contributed by atoms with E-state index in [1.807, 2.05) is 42.8 Å². The van der Waals surface area contributed by atoms with E-state index in [1.54, 1.807) is 7.11 Å². The number of ether oxygens (including phenoxy) is 1. The molecular weight excluding hydrogens is 228 g/mol. The minimum Gasteiger partial charge on any atom is -0.496 e. The summed E-state index contributed by atoms with van der Waals surface area (Å²) in [5.41, 5.74) is 3.80. The molecule has 0 aliphatic carbocycles. The molecule has 4 nitrogen and oxygen atoms in total. The summed E-state index contributed by atoms with van der Waals surface area (Å²) in [6.07, 6.45) is 0. The van der Waals surface area contributed by atoms with Crippen LogP contribution in [-0.2, 0) is 13.2 Å². The van der Waals surface area contributed by atoms with Crippen molar-refractivity contribution in [3.63, 3.8) is 0 Å². The zero-order chi connectivity index (χ0) is 13.1. The van der Waals surface area contributed by atoms with Crippen molar-refractivity contribution in [2.24, 2.45) is 0 Å². The summed E-state index contributed by atoms with van der Waals surface area (Å²) in [5.74, 6) is 0.828. The highest BCUT2D eigenvalue weighted by atomic mass is 16.5. The number of hydrogen-bond acceptors (Lipinski definition) is 3. The molecule has 0 aliphatic rings. The van der Waals surface area contributed by atoms with E-state index in [1.165, 1.54) is 0 Å². The van der Waals surface area contributed by atoms with Gasteiger partial charge in [0.05, 0.1) is 25.1 Å². The standard InChI is InChI=1S/C14H18N2O2/c1-4-16-13(8-11(9-17)15-16)12-6-5-10(2)7-14(12)18-3/h5-8,17H,4,9H2,1-3H3. The highest BCUT2D eigenvalue weighted by Crippen LogP contribution is 2.31. The highest BCUT2D eigenvalue weighted by Gasteiger charge is 2.12. The van der Waals surface area contributed by atoms with Crippen LogP contribution in [-0.4, -0.2) is 22.0 Å². The van der Waals surface area contributed by atoms with Crippen LogP contribution in [0.4, 0.5) is 0 Å². The Balaban J connectivity index is 2.56. The monoisotopic (exact) mass is 246 g/mol. The molecule has 0 atom stereocenters. The average Bonchev–Trinajstić information content (AvgIpc) is 2.81. The highest BCUT2D eigenvalue weighted by molar-refractivity contribution is 5.68. The summed E-state index contributed by atoms with van der Waals surface area (Å²) in [5, 5.41) is 13.5. The quantitative estimate of drug-likeness (QED) is 0.901. The first-order valence-electron chi connectivity index (χ1n) is 6.02. The molecule has 4 heteroatoms. The van der Waals surface area contributed by atoms with Crippen LogP contribution in [0.5, 0.6) is 5.75 Å². The minimum atomic E-state index is -0.0474. The van der Waals surface area contributed by atoms with Gasteiger partial charge in [-0.2, -0.15) is 5.10 Å². The Kier molecular flexibility index (Phi) is 3.67. The molecule has 0 saturated carbocycles.